The highest BCUT2D eigenvalue weighted by Gasteiger charge is 2.13. The molecule has 0 radical (unpaired) electrons. The van der Waals surface area contributed by atoms with Crippen LogP contribution in [0.25, 0.3) is 5.57 Å². The van der Waals surface area contributed by atoms with Crippen LogP contribution in [0.15, 0.2) is 41.8 Å². The number of nitrogens with one attached hydrogen (secondary N) is 1. The molecule has 2 aromatic rings. The Kier molecular flexibility index (Phi) is 5.37. The number of rotatable bonds is 4. The quantitative estimate of drug-likeness (QED) is 0.686. The standard InChI is InChI=1S/C16H16INOS/c1-3-6-11(2)12-7-4-5-8-14(12)18-16(19)13-9-10-20-15(13)17/h4-10H,3H2,1-2H3,(H,18,19). The number of thiophene rings is 1. The van der Waals surface area contributed by atoms with Gasteiger partial charge in [-0.2, -0.15) is 0 Å². The van der Waals surface area contributed by atoms with E-state index in [0.717, 1.165) is 26.1 Å². The van der Waals surface area contributed by atoms with E-state index in [4.69, 9.17) is 0 Å². The minimum Gasteiger partial charge on any atom is -0.321 e. The van der Waals surface area contributed by atoms with Gasteiger partial charge in [0.25, 0.3) is 5.91 Å². The van der Waals surface area contributed by atoms with Crippen LogP contribution in [0.1, 0.15) is 36.2 Å². The number of halogens is 1. The molecule has 2 rings (SSSR count). The van der Waals surface area contributed by atoms with Crippen LogP contribution in [-0.4, -0.2) is 5.91 Å². The highest BCUT2D eigenvalue weighted by Crippen LogP contribution is 2.26. The SMILES string of the molecule is CCC=C(C)c1ccccc1NC(=O)c1ccsc1I. The summed E-state index contributed by atoms with van der Waals surface area (Å²) in [6.45, 7) is 4.18. The van der Waals surface area contributed by atoms with Crippen molar-refractivity contribution in [3.63, 3.8) is 0 Å². The van der Waals surface area contributed by atoms with Gasteiger partial charge in [-0.05, 0) is 59.0 Å². The smallest absolute Gasteiger partial charge is 0.257 e. The molecule has 0 spiro atoms. The molecule has 0 bridgehead atoms. The largest absolute Gasteiger partial charge is 0.321 e. The maximum atomic E-state index is 12.3. The topological polar surface area (TPSA) is 29.1 Å². The molecule has 0 aliphatic carbocycles. The lowest BCUT2D eigenvalue weighted by Gasteiger charge is -2.11. The molecule has 0 saturated carbocycles. The lowest BCUT2D eigenvalue weighted by molar-refractivity contribution is 0.102. The second-order valence-electron chi connectivity index (χ2n) is 4.40. The molecule has 1 aromatic heterocycles. The maximum absolute atomic E-state index is 12.3. The van der Waals surface area contributed by atoms with Crippen LogP contribution in [0.5, 0.6) is 0 Å². The maximum Gasteiger partial charge on any atom is 0.257 e. The van der Waals surface area contributed by atoms with Crippen LogP contribution in [0.4, 0.5) is 5.69 Å². The molecule has 0 atom stereocenters. The second-order valence-corrected chi connectivity index (χ2v) is 7.13. The third-order valence-electron chi connectivity index (χ3n) is 2.97. The van der Waals surface area contributed by atoms with Gasteiger partial charge in [0.05, 0.1) is 8.45 Å². The Bertz CT molecular complexity index is 645. The van der Waals surface area contributed by atoms with Crippen molar-refractivity contribution in [1.82, 2.24) is 0 Å². The monoisotopic (exact) mass is 397 g/mol. The average Bonchev–Trinajstić information content (AvgIpc) is 2.86. The van der Waals surface area contributed by atoms with Gasteiger partial charge in [0.2, 0.25) is 0 Å². The molecule has 1 aromatic carbocycles. The van der Waals surface area contributed by atoms with Gasteiger partial charge >= 0.3 is 0 Å². The predicted octanol–water partition coefficient (Wildman–Crippen LogP) is 5.42. The number of carbonyl (C=O) groups is 1. The van der Waals surface area contributed by atoms with Gasteiger partial charge in [0.15, 0.2) is 0 Å². The number of hydrogen-bond acceptors (Lipinski definition) is 2. The fourth-order valence-corrected chi connectivity index (χ4v) is 3.47. The highest BCUT2D eigenvalue weighted by molar-refractivity contribution is 14.1. The lowest BCUT2D eigenvalue weighted by atomic mass is 10.0. The number of para-hydroxylation sites is 1. The van der Waals surface area contributed by atoms with Crippen molar-refractivity contribution >= 4 is 51.1 Å². The second kappa shape index (κ2) is 7.04. The zero-order valence-corrected chi connectivity index (χ0v) is 14.4. The molecule has 2 nitrogen and oxygen atoms in total. The molecule has 0 fully saturated rings. The van der Waals surface area contributed by atoms with E-state index in [1.165, 1.54) is 5.57 Å². The van der Waals surface area contributed by atoms with Crippen molar-refractivity contribution < 1.29 is 4.79 Å². The van der Waals surface area contributed by atoms with E-state index in [9.17, 15) is 4.79 Å². The first kappa shape index (κ1) is 15.3. The van der Waals surface area contributed by atoms with Crippen molar-refractivity contribution in [2.45, 2.75) is 20.3 Å². The molecule has 0 aliphatic heterocycles. The van der Waals surface area contributed by atoms with E-state index in [0.29, 0.717) is 0 Å². The van der Waals surface area contributed by atoms with Crippen LogP contribution < -0.4 is 5.32 Å². The zero-order chi connectivity index (χ0) is 14.5. The summed E-state index contributed by atoms with van der Waals surface area (Å²) in [5.41, 5.74) is 3.86. The minimum atomic E-state index is -0.0487. The van der Waals surface area contributed by atoms with Gasteiger partial charge in [-0.1, -0.05) is 31.2 Å². The van der Waals surface area contributed by atoms with E-state index in [1.807, 2.05) is 35.7 Å². The van der Waals surface area contributed by atoms with Gasteiger partial charge in [0, 0.05) is 11.3 Å². The number of allylic oxidation sites excluding steroid dienone is 2. The molecule has 0 saturated heterocycles. The van der Waals surface area contributed by atoms with Crippen LogP contribution in [0.3, 0.4) is 0 Å². The van der Waals surface area contributed by atoms with Crippen molar-refractivity contribution in [3.05, 3.63) is 55.8 Å². The molecule has 1 amide bonds. The van der Waals surface area contributed by atoms with Gasteiger partial charge in [-0.15, -0.1) is 11.3 Å². The van der Waals surface area contributed by atoms with Gasteiger partial charge in [-0.25, -0.2) is 0 Å². The summed E-state index contributed by atoms with van der Waals surface area (Å²) < 4.78 is 1.01. The summed E-state index contributed by atoms with van der Waals surface area (Å²) in [4.78, 5) is 12.3. The molecule has 1 heterocycles. The van der Waals surface area contributed by atoms with Crippen molar-refractivity contribution in [3.8, 4) is 0 Å². The molecule has 0 unspecified atom stereocenters. The normalized spacial score (nSPS) is 11.4. The summed E-state index contributed by atoms with van der Waals surface area (Å²) in [6, 6.07) is 9.78. The Morgan fingerprint density at radius 2 is 2.05 bits per heavy atom. The first-order chi connectivity index (χ1) is 9.63. The molecular formula is C16H16INOS. The van der Waals surface area contributed by atoms with Crippen molar-refractivity contribution in [2.75, 3.05) is 5.32 Å². The molecule has 104 valence electrons. The summed E-state index contributed by atoms with van der Waals surface area (Å²) in [5, 5.41) is 4.95. The third kappa shape index (κ3) is 3.49. The molecular weight excluding hydrogens is 381 g/mol. The summed E-state index contributed by atoms with van der Waals surface area (Å²) in [5.74, 6) is -0.0487. The van der Waals surface area contributed by atoms with Gasteiger partial charge < -0.3 is 5.32 Å². The molecule has 0 aliphatic rings. The van der Waals surface area contributed by atoms with Crippen LogP contribution in [0.2, 0.25) is 0 Å². The summed E-state index contributed by atoms with van der Waals surface area (Å²) >= 11 is 3.77. The number of benzene rings is 1. The number of carbonyl (C=O) groups excluding carboxylic acids is 1. The van der Waals surface area contributed by atoms with Crippen LogP contribution in [0, 0.1) is 2.88 Å². The van der Waals surface area contributed by atoms with E-state index in [2.05, 4.69) is 47.8 Å². The summed E-state index contributed by atoms with van der Waals surface area (Å²) in [7, 11) is 0. The first-order valence-corrected chi connectivity index (χ1v) is 8.39. The Balaban J connectivity index is 2.28. The van der Waals surface area contributed by atoms with Crippen LogP contribution in [-0.2, 0) is 0 Å². The highest BCUT2D eigenvalue weighted by atomic mass is 127. The summed E-state index contributed by atoms with van der Waals surface area (Å²) in [6.07, 6.45) is 3.15. The zero-order valence-electron chi connectivity index (χ0n) is 11.4. The van der Waals surface area contributed by atoms with Gasteiger partial charge in [0.1, 0.15) is 0 Å². The first-order valence-electron chi connectivity index (χ1n) is 6.44. The fraction of sp³-hybridized carbons (Fsp3) is 0.188. The Hall–Kier alpha value is -1.14. The third-order valence-corrected chi connectivity index (χ3v) is 5.02. The fourth-order valence-electron chi connectivity index (χ4n) is 2.00. The minimum absolute atomic E-state index is 0.0487. The van der Waals surface area contributed by atoms with E-state index in [-0.39, 0.29) is 5.91 Å². The van der Waals surface area contributed by atoms with Gasteiger partial charge in [-0.3, -0.25) is 4.79 Å². The molecule has 20 heavy (non-hydrogen) atoms. The van der Waals surface area contributed by atoms with Crippen LogP contribution >= 0.6 is 33.9 Å². The lowest BCUT2D eigenvalue weighted by Crippen LogP contribution is -2.13. The molecule has 1 N–H and O–H groups in total. The Morgan fingerprint density at radius 1 is 1.30 bits per heavy atom. The van der Waals surface area contributed by atoms with E-state index < -0.39 is 0 Å². The van der Waals surface area contributed by atoms with E-state index >= 15 is 0 Å². The average molecular weight is 397 g/mol. The Labute approximate surface area is 137 Å². The van der Waals surface area contributed by atoms with Crippen molar-refractivity contribution in [2.24, 2.45) is 0 Å². The number of amides is 1. The van der Waals surface area contributed by atoms with Crippen molar-refractivity contribution in [1.29, 1.82) is 0 Å². The Morgan fingerprint density at radius 3 is 2.70 bits per heavy atom. The number of anilines is 1. The van der Waals surface area contributed by atoms with E-state index in [1.54, 1.807) is 11.3 Å². The molecule has 4 heteroatoms. The number of hydrogen-bond donors (Lipinski definition) is 1. The predicted molar refractivity (Wildman–Crippen MR) is 95.4 cm³/mol.